The zero-order chi connectivity index (χ0) is 13.8. The van der Waals surface area contributed by atoms with Gasteiger partial charge >= 0.3 is 0 Å². The van der Waals surface area contributed by atoms with E-state index in [2.05, 4.69) is 56.9 Å². The van der Waals surface area contributed by atoms with Crippen LogP contribution in [0.2, 0.25) is 0 Å². The van der Waals surface area contributed by atoms with Crippen molar-refractivity contribution in [3.8, 4) is 0 Å². The number of piperazine rings is 1. The van der Waals surface area contributed by atoms with Crippen LogP contribution in [0.3, 0.4) is 0 Å². The second-order valence-electron chi connectivity index (χ2n) is 7.00. The summed E-state index contributed by atoms with van der Waals surface area (Å²) in [7, 11) is 4.45. The minimum Gasteiger partial charge on any atom is -0.314 e. The lowest BCUT2D eigenvalue weighted by Gasteiger charge is -2.44. The summed E-state index contributed by atoms with van der Waals surface area (Å²) in [6.07, 6.45) is 2.56. The minimum absolute atomic E-state index is 0.311. The summed E-state index contributed by atoms with van der Waals surface area (Å²) < 4.78 is 0. The van der Waals surface area contributed by atoms with Gasteiger partial charge < -0.3 is 10.2 Å². The van der Waals surface area contributed by atoms with E-state index in [1.165, 1.54) is 25.9 Å². The van der Waals surface area contributed by atoms with Gasteiger partial charge in [0, 0.05) is 37.8 Å². The SMILES string of the molecule is CC(C)CC(CC(C)(C)N1CCNCC1)N(C)C. The van der Waals surface area contributed by atoms with Gasteiger partial charge in [0.1, 0.15) is 0 Å². The number of hydrogen-bond acceptors (Lipinski definition) is 3. The van der Waals surface area contributed by atoms with E-state index in [1.807, 2.05) is 0 Å². The van der Waals surface area contributed by atoms with Gasteiger partial charge in [0.15, 0.2) is 0 Å². The summed E-state index contributed by atoms with van der Waals surface area (Å²) >= 11 is 0. The molecule has 3 nitrogen and oxygen atoms in total. The number of rotatable bonds is 6. The molecule has 1 aliphatic heterocycles. The molecule has 108 valence electrons. The molecule has 1 atom stereocenters. The summed E-state index contributed by atoms with van der Waals surface area (Å²) in [5.74, 6) is 0.774. The molecule has 1 rings (SSSR count). The molecule has 1 heterocycles. The van der Waals surface area contributed by atoms with Crippen LogP contribution in [-0.2, 0) is 0 Å². The third-order valence-corrected chi connectivity index (χ3v) is 4.18. The Bertz CT molecular complexity index is 230. The van der Waals surface area contributed by atoms with E-state index in [9.17, 15) is 0 Å². The smallest absolute Gasteiger partial charge is 0.0169 e. The average molecular weight is 255 g/mol. The second kappa shape index (κ2) is 6.88. The molecule has 0 spiro atoms. The second-order valence-corrected chi connectivity index (χ2v) is 7.00. The lowest BCUT2D eigenvalue weighted by atomic mass is 9.88. The zero-order valence-electron chi connectivity index (χ0n) is 13.3. The van der Waals surface area contributed by atoms with Crippen molar-refractivity contribution in [2.24, 2.45) is 5.92 Å². The van der Waals surface area contributed by atoms with E-state index in [1.54, 1.807) is 0 Å². The van der Waals surface area contributed by atoms with Gasteiger partial charge in [-0.05, 0) is 46.7 Å². The van der Waals surface area contributed by atoms with E-state index in [0.717, 1.165) is 19.0 Å². The highest BCUT2D eigenvalue weighted by molar-refractivity contribution is 4.89. The Morgan fingerprint density at radius 2 is 1.72 bits per heavy atom. The first kappa shape index (κ1) is 15.9. The zero-order valence-corrected chi connectivity index (χ0v) is 13.3. The van der Waals surface area contributed by atoms with Crippen LogP contribution in [-0.4, -0.2) is 61.7 Å². The predicted octanol–water partition coefficient (Wildman–Crippen LogP) is 2.04. The summed E-state index contributed by atoms with van der Waals surface area (Å²) in [5.41, 5.74) is 0.311. The van der Waals surface area contributed by atoms with Crippen molar-refractivity contribution in [3.05, 3.63) is 0 Å². The van der Waals surface area contributed by atoms with Crippen molar-refractivity contribution in [2.75, 3.05) is 40.3 Å². The van der Waals surface area contributed by atoms with E-state index < -0.39 is 0 Å². The van der Waals surface area contributed by atoms with Gasteiger partial charge in [-0.3, -0.25) is 4.90 Å². The van der Waals surface area contributed by atoms with Crippen LogP contribution in [0.1, 0.15) is 40.5 Å². The third-order valence-electron chi connectivity index (χ3n) is 4.18. The standard InChI is InChI=1S/C15H33N3/c1-13(2)11-14(17(5)6)12-15(3,4)18-9-7-16-8-10-18/h13-14,16H,7-12H2,1-6H3. The lowest BCUT2D eigenvalue weighted by Crippen LogP contribution is -2.55. The molecule has 1 aliphatic rings. The van der Waals surface area contributed by atoms with E-state index in [4.69, 9.17) is 0 Å². The van der Waals surface area contributed by atoms with Crippen molar-refractivity contribution in [3.63, 3.8) is 0 Å². The van der Waals surface area contributed by atoms with Crippen molar-refractivity contribution < 1.29 is 0 Å². The molecule has 1 unspecified atom stereocenters. The van der Waals surface area contributed by atoms with Gasteiger partial charge in [0.2, 0.25) is 0 Å². The Balaban J connectivity index is 2.59. The molecular weight excluding hydrogens is 222 g/mol. The van der Waals surface area contributed by atoms with Gasteiger partial charge in [-0.2, -0.15) is 0 Å². The number of nitrogens with zero attached hydrogens (tertiary/aromatic N) is 2. The monoisotopic (exact) mass is 255 g/mol. The molecule has 0 saturated carbocycles. The largest absolute Gasteiger partial charge is 0.314 e. The minimum atomic E-state index is 0.311. The highest BCUT2D eigenvalue weighted by Gasteiger charge is 2.31. The molecule has 0 aliphatic carbocycles. The Kier molecular flexibility index (Phi) is 6.09. The van der Waals surface area contributed by atoms with Crippen LogP contribution < -0.4 is 5.32 Å². The van der Waals surface area contributed by atoms with Crippen molar-refractivity contribution in [1.82, 2.24) is 15.1 Å². The summed E-state index contributed by atoms with van der Waals surface area (Å²) in [6.45, 7) is 14.1. The number of hydrogen-bond donors (Lipinski definition) is 1. The lowest BCUT2D eigenvalue weighted by molar-refractivity contribution is 0.0655. The molecule has 0 bridgehead atoms. The highest BCUT2D eigenvalue weighted by atomic mass is 15.2. The van der Waals surface area contributed by atoms with Crippen LogP contribution >= 0.6 is 0 Å². The molecule has 1 N–H and O–H groups in total. The highest BCUT2D eigenvalue weighted by Crippen LogP contribution is 2.25. The Morgan fingerprint density at radius 3 is 2.17 bits per heavy atom. The molecule has 0 radical (unpaired) electrons. The topological polar surface area (TPSA) is 18.5 Å². The first-order valence-corrected chi connectivity index (χ1v) is 7.45. The molecule has 18 heavy (non-hydrogen) atoms. The fourth-order valence-corrected chi connectivity index (χ4v) is 3.00. The fraction of sp³-hybridized carbons (Fsp3) is 1.00. The normalized spacial score (nSPS) is 20.7. The van der Waals surface area contributed by atoms with Crippen LogP contribution in [0.15, 0.2) is 0 Å². The summed E-state index contributed by atoms with van der Waals surface area (Å²) in [4.78, 5) is 5.06. The summed E-state index contributed by atoms with van der Waals surface area (Å²) in [6, 6.07) is 0.690. The van der Waals surface area contributed by atoms with Gasteiger partial charge in [-0.1, -0.05) is 13.8 Å². The molecule has 0 amide bonds. The van der Waals surface area contributed by atoms with E-state index in [0.29, 0.717) is 11.6 Å². The van der Waals surface area contributed by atoms with Gasteiger partial charge in [0.25, 0.3) is 0 Å². The molecule has 0 aromatic rings. The Hall–Kier alpha value is -0.120. The number of nitrogens with one attached hydrogen (secondary N) is 1. The van der Waals surface area contributed by atoms with E-state index in [-0.39, 0.29) is 0 Å². The van der Waals surface area contributed by atoms with Crippen LogP contribution in [0, 0.1) is 5.92 Å². The fourth-order valence-electron chi connectivity index (χ4n) is 3.00. The molecule has 1 saturated heterocycles. The maximum atomic E-state index is 3.44. The molecule has 0 aromatic carbocycles. The molecule has 1 fully saturated rings. The maximum absolute atomic E-state index is 3.44. The third kappa shape index (κ3) is 4.87. The van der Waals surface area contributed by atoms with Gasteiger partial charge in [-0.25, -0.2) is 0 Å². The van der Waals surface area contributed by atoms with Crippen LogP contribution in [0.25, 0.3) is 0 Å². The van der Waals surface area contributed by atoms with Gasteiger partial charge in [-0.15, -0.1) is 0 Å². The van der Waals surface area contributed by atoms with E-state index >= 15 is 0 Å². The van der Waals surface area contributed by atoms with Crippen molar-refractivity contribution in [1.29, 1.82) is 0 Å². The predicted molar refractivity (Wildman–Crippen MR) is 80.1 cm³/mol. The molecule has 3 heteroatoms. The van der Waals surface area contributed by atoms with Crippen LogP contribution in [0.4, 0.5) is 0 Å². The first-order chi connectivity index (χ1) is 8.33. The Morgan fingerprint density at radius 1 is 1.17 bits per heavy atom. The quantitative estimate of drug-likeness (QED) is 0.783. The molecule has 0 aromatic heterocycles. The average Bonchev–Trinajstić information content (AvgIpc) is 2.28. The van der Waals surface area contributed by atoms with Crippen molar-refractivity contribution >= 4 is 0 Å². The maximum Gasteiger partial charge on any atom is 0.0169 e. The first-order valence-electron chi connectivity index (χ1n) is 7.45. The molecular formula is C15H33N3. The van der Waals surface area contributed by atoms with Crippen molar-refractivity contribution in [2.45, 2.75) is 52.1 Å². The van der Waals surface area contributed by atoms with Gasteiger partial charge in [0.05, 0.1) is 0 Å². The summed E-state index contributed by atoms with van der Waals surface area (Å²) in [5, 5.41) is 3.44. The Labute approximate surface area is 114 Å². The van der Waals surface area contributed by atoms with Crippen LogP contribution in [0.5, 0.6) is 0 Å².